The first-order valence-electron chi connectivity index (χ1n) is 4.91. The Kier molecular flexibility index (Phi) is 3.56. The van der Waals surface area contributed by atoms with E-state index >= 15 is 0 Å². The van der Waals surface area contributed by atoms with Crippen LogP contribution in [0.3, 0.4) is 0 Å². The van der Waals surface area contributed by atoms with Gasteiger partial charge in [-0.25, -0.2) is 0 Å². The molecule has 0 nitrogen and oxygen atoms in total. The fraction of sp³-hybridized carbons (Fsp3) is 0.833. The van der Waals surface area contributed by atoms with Gasteiger partial charge in [-0.05, 0) is 17.3 Å². The Morgan fingerprint density at radius 3 is 1.75 bits per heavy atom. The molecule has 0 amide bonds. The summed E-state index contributed by atoms with van der Waals surface area (Å²) in [5.41, 5.74) is 1.92. The molecule has 0 heteroatoms. The first kappa shape index (κ1) is 11.7. The highest BCUT2D eigenvalue weighted by molar-refractivity contribution is 5.14. The molecule has 72 valence electrons. The van der Waals surface area contributed by atoms with Gasteiger partial charge in [0.15, 0.2) is 0 Å². The van der Waals surface area contributed by atoms with Crippen LogP contribution >= 0.6 is 0 Å². The van der Waals surface area contributed by atoms with Crippen LogP contribution in [0, 0.1) is 10.8 Å². The lowest BCUT2D eigenvalue weighted by Gasteiger charge is -2.35. The van der Waals surface area contributed by atoms with E-state index < -0.39 is 0 Å². The Morgan fingerprint density at radius 2 is 1.50 bits per heavy atom. The summed E-state index contributed by atoms with van der Waals surface area (Å²) in [5, 5.41) is 0. The molecule has 0 atom stereocenters. The molecule has 0 N–H and O–H groups in total. The van der Waals surface area contributed by atoms with Gasteiger partial charge in [-0.15, -0.1) is 0 Å². The summed E-state index contributed by atoms with van der Waals surface area (Å²) in [6, 6.07) is 0. The van der Waals surface area contributed by atoms with Crippen LogP contribution in [0.5, 0.6) is 0 Å². The summed E-state index contributed by atoms with van der Waals surface area (Å²) >= 11 is 0. The molecular formula is C12H24. The Labute approximate surface area is 78.1 Å². The van der Waals surface area contributed by atoms with Gasteiger partial charge in [0.25, 0.3) is 0 Å². The van der Waals surface area contributed by atoms with Gasteiger partial charge in [0.05, 0.1) is 0 Å². The first-order chi connectivity index (χ1) is 5.22. The monoisotopic (exact) mass is 168 g/mol. The van der Waals surface area contributed by atoms with E-state index in [0.29, 0.717) is 5.41 Å². The Morgan fingerprint density at radius 1 is 1.08 bits per heavy atom. The van der Waals surface area contributed by atoms with Gasteiger partial charge in [0, 0.05) is 0 Å². The maximum absolute atomic E-state index is 4.22. The van der Waals surface area contributed by atoms with Crippen molar-refractivity contribution in [2.45, 2.75) is 54.4 Å². The predicted octanol–water partition coefficient (Wildman–Crippen LogP) is 4.42. The molecule has 0 radical (unpaired) electrons. The average molecular weight is 168 g/mol. The third kappa shape index (κ3) is 3.00. The minimum absolute atomic E-state index is 0.249. The zero-order valence-electron chi connectivity index (χ0n) is 9.62. The van der Waals surface area contributed by atoms with Crippen molar-refractivity contribution >= 4 is 0 Å². The van der Waals surface area contributed by atoms with E-state index in [4.69, 9.17) is 0 Å². The quantitative estimate of drug-likeness (QED) is 0.547. The van der Waals surface area contributed by atoms with Gasteiger partial charge in [-0.3, -0.25) is 0 Å². The normalized spacial score (nSPS) is 13.2. The van der Waals surface area contributed by atoms with Crippen LogP contribution in [0.2, 0.25) is 0 Å². The molecule has 0 aliphatic rings. The fourth-order valence-corrected chi connectivity index (χ4v) is 1.79. The van der Waals surface area contributed by atoms with Gasteiger partial charge in [0.1, 0.15) is 0 Å². The third-order valence-electron chi connectivity index (χ3n) is 2.60. The fourth-order valence-electron chi connectivity index (χ4n) is 1.79. The highest BCUT2D eigenvalue weighted by Crippen LogP contribution is 2.40. The maximum Gasteiger partial charge on any atom is -0.0142 e. The van der Waals surface area contributed by atoms with Crippen LogP contribution in [0.15, 0.2) is 12.2 Å². The molecule has 12 heavy (non-hydrogen) atoms. The highest BCUT2D eigenvalue weighted by Gasteiger charge is 2.28. The van der Waals surface area contributed by atoms with E-state index in [1.807, 2.05) is 0 Å². The predicted molar refractivity (Wildman–Crippen MR) is 57.3 cm³/mol. The standard InChI is InChI=1S/C12H24/c1-8-9-12(6,7)10(2)11(3,4)5/h2,8-9H2,1,3-7H3. The van der Waals surface area contributed by atoms with Crippen molar-refractivity contribution in [1.82, 2.24) is 0 Å². The number of hydrogen-bond donors (Lipinski definition) is 0. The van der Waals surface area contributed by atoms with Crippen molar-refractivity contribution in [2.75, 3.05) is 0 Å². The van der Waals surface area contributed by atoms with Gasteiger partial charge < -0.3 is 0 Å². The number of hydrogen-bond acceptors (Lipinski definition) is 0. The molecule has 0 bridgehead atoms. The average Bonchev–Trinajstić information content (AvgIpc) is 1.84. The minimum atomic E-state index is 0.249. The molecule has 0 unspecified atom stereocenters. The lowest BCUT2D eigenvalue weighted by Crippen LogP contribution is -2.24. The largest absolute Gasteiger partial charge is 0.0988 e. The molecule has 0 fully saturated rings. The van der Waals surface area contributed by atoms with Gasteiger partial charge in [0.2, 0.25) is 0 Å². The molecule has 0 spiro atoms. The van der Waals surface area contributed by atoms with E-state index in [9.17, 15) is 0 Å². The Bertz CT molecular complexity index is 155. The zero-order chi connectivity index (χ0) is 9.99. The molecule has 0 heterocycles. The van der Waals surface area contributed by atoms with Crippen LogP contribution in [0.25, 0.3) is 0 Å². The van der Waals surface area contributed by atoms with Crippen LogP contribution < -0.4 is 0 Å². The van der Waals surface area contributed by atoms with E-state index in [-0.39, 0.29) is 5.41 Å². The van der Waals surface area contributed by atoms with Crippen molar-refractivity contribution in [2.24, 2.45) is 10.8 Å². The smallest absolute Gasteiger partial charge is 0.0142 e. The summed E-state index contributed by atoms with van der Waals surface area (Å²) in [6.45, 7) is 17.8. The van der Waals surface area contributed by atoms with Crippen LogP contribution in [-0.2, 0) is 0 Å². The molecule has 0 aromatic rings. The topological polar surface area (TPSA) is 0 Å². The van der Waals surface area contributed by atoms with E-state index in [2.05, 4.69) is 48.1 Å². The lowest BCUT2D eigenvalue weighted by atomic mass is 9.70. The second-order valence-electron chi connectivity index (χ2n) is 5.36. The van der Waals surface area contributed by atoms with Gasteiger partial charge in [-0.1, -0.05) is 60.1 Å². The molecule has 0 aromatic carbocycles. The van der Waals surface area contributed by atoms with Crippen molar-refractivity contribution in [1.29, 1.82) is 0 Å². The van der Waals surface area contributed by atoms with E-state index in [1.54, 1.807) is 0 Å². The Balaban J connectivity index is 4.46. The summed E-state index contributed by atoms with van der Waals surface area (Å²) in [4.78, 5) is 0. The van der Waals surface area contributed by atoms with E-state index in [1.165, 1.54) is 18.4 Å². The van der Waals surface area contributed by atoms with Crippen molar-refractivity contribution < 1.29 is 0 Å². The minimum Gasteiger partial charge on any atom is -0.0988 e. The Hall–Kier alpha value is -0.260. The lowest BCUT2D eigenvalue weighted by molar-refractivity contribution is 0.315. The maximum atomic E-state index is 4.22. The van der Waals surface area contributed by atoms with Crippen molar-refractivity contribution in [3.8, 4) is 0 Å². The molecule has 0 saturated carbocycles. The first-order valence-corrected chi connectivity index (χ1v) is 4.91. The van der Waals surface area contributed by atoms with Crippen LogP contribution in [-0.4, -0.2) is 0 Å². The van der Waals surface area contributed by atoms with Gasteiger partial charge in [-0.2, -0.15) is 0 Å². The zero-order valence-corrected chi connectivity index (χ0v) is 9.62. The molecule has 0 aromatic heterocycles. The molecule has 0 aliphatic heterocycles. The highest BCUT2D eigenvalue weighted by atomic mass is 14.3. The second-order valence-corrected chi connectivity index (χ2v) is 5.36. The van der Waals surface area contributed by atoms with Crippen molar-refractivity contribution in [3.63, 3.8) is 0 Å². The second kappa shape index (κ2) is 3.64. The summed E-state index contributed by atoms with van der Waals surface area (Å²) in [5.74, 6) is 0. The summed E-state index contributed by atoms with van der Waals surface area (Å²) in [6.07, 6.45) is 2.48. The van der Waals surface area contributed by atoms with Crippen LogP contribution in [0.4, 0.5) is 0 Å². The molecule has 0 saturated heterocycles. The SMILES string of the molecule is C=C(C(C)(C)C)C(C)(C)CCC. The summed E-state index contributed by atoms with van der Waals surface area (Å²) in [7, 11) is 0. The summed E-state index contributed by atoms with van der Waals surface area (Å²) < 4.78 is 0. The van der Waals surface area contributed by atoms with E-state index in [0.717, 1.165) is 0 Å². The molecule has 0 aliphatic carbocycles. The molecule has 0 rings (SSSR count). The van der Waals surface area contributed by atoms with Crippen LogP contribution in [0.1, 0.15) is 54.4 Å². The van der Waals surface area contributed by atoms with Crippen molar-refractivity contribution in [3.05, 3.63) is 12.2 Å². The number of allylic oxidation sites excluding steroid dienone is 1. The third-order valence-corrected chi connectivity index (χ3v) is 2.60. The number of rotatable bonds is 3. The van der Waals surface area contributed by atoms with Gasteiger partial charge >= 0.3 is 0 Å². The molecular weight excluding hydrogens is 144 g/mol.